The Morgan fingerprint density at radius 3 is 2.29 bits per heavy atom. The molecule has 0 saturated heterocycles. The summed E-state index contributed by atoms with van der Waals surface area (Å²) in [5.74, 6) is -0.797. The van der Waals surface area contributed by atoms with Crippen molar-refractivity contribution in [2.75, 3.05) is 0 Å². The first-order chi connectivity index (χ1) is 10.2. The zero-order valence-corrected chi connectivity index (χ0v) is 12.4. The molecular formula is C16H10BrNO3. The number of nitrogens with zero attached hydrogens (tertiary/aromatic N) is 1. The van der Waals surface area contributed by atoms with E-state index in [2.05, 4.69) is 21.1 Å². The highest BCUT2D eigenvalue weighted by Crippen LogP contribution is 2.32. The molecule has 5 heteroatoms. The zero-order chi connectivity index (χ0) is 14.8. The number of rotatable bonds is 3. The second-order valence-electron chi connectivity index (χ2n) is 4.41. The van der Waals surface area contributed by atoms with Gasteiger partial charge in [0.25, 0.3) is 0 Å². The van der Waals surface area contributed by atoms with Crippen molar-refractivity contribution in [3.8, 4) is 22.6 Å². The van der Waals surface area contributed by atoms with Gasteiger partial charge in [-0.1, -0.05) is 63.6 Å². The lowest BCUT2D eigenvalue weighted by molar-refractivity contribution is 0.0698. The van der Waals surface area contributed by atoms with E-state index >= 15 is 0 Å². The molecule has 0 aliphatic rings. The monoisotopic (exact) mass is 343 g/mol. The maximum absolute atomic E-state index is 11.6. The summed E-state index contributed by atoms with van der Waals surface area (Å²) in [5, 5.41) is 13.4. The van der Waals surface area contributed by atoms with E-state index in [1.165, 1.54) is 0 Å². The highest BCUT2D eigenvalue weighted by atomic mass is 79.9. The molecule has 3 rings (SSSR count). The molecule has 0 radical (unpaired) electrons. The first-order valence-electron chi connectivity index (χ1n) is 6.21. The van der Waals surface area contributed by atoms with E-state index in [-0.39, 0.29) is 11.3 Å². The van der Waals surface area contributed by atoms with Crippen molar-refractivity contribution < 1.29 is 14.4 Å². The van der Waals surface area contributed by atoms with Crippen LogP contribution in [0.4, 0.5) is 0 Å². The average molecular weight is 344 g/mol. The number of aromatic nitrogens is 1. The number of halogens is 1. The van der Waals surface area contributed by atoms with Gasteiger partial charge in [0.05, 0.1) is 0 Å². The second kappa shape index (κ2) is 5.54. The van der Waals surface area contributed by atoms with Gasteiger partial charge in [0, 0.05) is 15.6 Å². The molecule has 0 bridgehead atoms. The summed E-state index contributed by atoms with van der Waals surface area (Å²) in [5.41, 5.74) is 1.78. The number of hydrogen-bond acceptors (Lipinski definition) is 3. The lowest BCUT2D eigenvalue weighted by Gasteiger charge is -2.00. The quantitative estimate of drug-likeness (QED) is 0.761. The Kier molecular flexibility index (Phi) is 3.58. The van der Waals surface area contributed by atoms with Crippen molar-refractivity contribution in [1.82, 2.24) is 5.16 Å². The van der Waals surface area contributed by atoms with Crippen LogP contribution >= 0.6 is 15.9 Å². The van der Waals surface area contributed by atoms with Crippen molar-refractivity contribution in [2.24, 2.45) is 0 Å². The predicted molar refractivity (Wildman–Crippen MR) is 82.0 cm³/mol. The normalized spacial score (nSPS) is 10.5. The molecule has 0 amide bonds. The van der Waals surface area contributed by atoms with Crippen LogP contribution < -0.4 is 0 Å². The number of aromatic carboxylic acids is 1. The Bertz CT molecular complexity index is 779. The predicted octanol–water partition coefficient (Wildman–Crippen LogP) is 4.47. The van der Waals surface area contributed by atoms with Crippen molar-refractivity contribution in [3.05, 3.63) is 64.6 Å². The molecule has 2 aromatic carbocycles. The van der Waals surface area contributed by atoms with E-state index < -0.39 is 5.97 Å². The largest absolute Gasteiger partial charge is 0.477 e. The minimum absolute atomic E-state index is 0.0727. The van der Waals surface area contributed by atoms with Crippen LogP contribution in [-0.2, 0) is 0 Å². The van der Waals surface area contributed by atoms with Gasteiger partial charge in [0.15, 0.2) is 5.76 Å². The van der Waals surface area contributed by atoms with Crippen LogP contribution in [0.3, 0.4) is 0 Å². The van der Waals surface area contributed by atoms with E-state index in [4.69, 9.17) is 4.52 Å². The minimum Gasteiger partial charge on any atom is -0.477 e. The maximum atomic E-state index is 11.6. The van der Waals surface area contributed by atoms with Crippen LogP contribution in [0.2, 0.25) is 0 Å². The van der Waals surface area contributed by atoms with E-state index in [0.717, 1.165) is 4.47 Å². The van der Waals surface area contributed by atoms with Crippen LogP contribution in [0.1, 0.15) is 10.4 Å². The van der Waals surface area contributed by atoms with Gasteiger partial charge in [-0.2, -0.15) is 0 Å². The first-order valence-corrected chi connectivity index (χ1v) is 7.00. The molecule has 1 heterocycles. The van der Waals surface area contributed by atoms with E-state index in [1.54, 1.807) is 24.3 Å². The molecule has 0 aliphatic heterocycles. The molecule has 0 saturated carbocycles. The third-order valence-electron chi connectivity index (χ3n) is 3.06. The van der Waals surface area contributed by atoms with Gasteiger partial charge in [0.1, 0.15) is 11.3 Å². The minimum atomic E-state index is -1.06. The SMILES string of the molecule is O=C(O)c1c(-c2ccc(Br)cc2)noc1-c1ccccc1. The average Bonchev–Trinajstić information content (AvgIpc) is 2.94. The zero-order valence-electron chi connectivity index (χ0n) is 10.8. The topological polar surface area (TPSA) is 63.3 Å². The first kappa shape index (κ1) is 13.6. The van der Waals surface area contributed by atoms with Crippen LogP contribution in [-0.4, -0.2) is 16.2 Å². The summed E-state index contributed by atoms with van der Waals surface area (Å²) in [4.78, 5) is 11.6. The summed E-state index contributed by atoms with van der Waals surface area (Å²) in [6.45, 7) is 0. The fourth-order valence-corrected chi connectivity index (χ4v) is 2.34. The highest BCUT2D eigenvalue weighted by molar-refractivity contribution is 9.10. The summed E-state index contributed by atoms with van der Waals surface area (Å²) in [7, 11) is 0. The van der Waals surface area contributed by atoms with Crippen molar-refractivity contribution in [2.45, 2.75) is 0 Å². The van der Waals surface area contributed by atoms with Crippen molar-refractivity contribution in [1.29, 1.82) is 0 Å². The molecule has 3 aromatic rings. The molecule has 0 spiro atoms. The van der Waals surface area contributed by atoms with Gasteiger partial charge in [-0.3, -0.25) is 0 Å². The molecule has 0 aliphatic carbocycles. The smallest absolute Gasteiger partial charge is 0.342 e. The van der Waals surface area contributed by atoms with E-state index in [0.29, 0.717) is 16.8 Å². The van der Waals surface area contributed by atoms with Crippen LogP contribution in [0, 0.1) is 0 Å². The Hall–Kier alpha value is -2.40. The fraction of sp³-hybridized carbons (Fsp3) is 0. The van der Waals surface area contributed by atoms with Crippen molar-refractivity contribution >= 4 is 21.9 Å². The summed E-state index contributed by atoms with van der Waals surface area (Å²) < 4.78 is 6.20. The van der Waals surface area contributed by atoms with Gasteiger partial charge < -0.3 is 9.63 Å². The Morgan fingerprint density at radius 1 is 1.00 bits per heavy atom. The Morgan fingerprint density at radius 2 is 1.67 bits per heavy atom. The third kappa shape index (κ3) is 2.60. The van der Waals surface area contributed by atoms with Gasteiger partial charge in [-0.15, -0.1) is 0 Å². The Labute approximate surface area is 129 Å². The number of carbonyl (C=O) groups is 1. The molecule has 21 heavy (non-hydrogen) atoms. The van der Waals surface area contributed by atoms with Gasteiger partial charge in [-0.25, -0.2) is 4.79 Å². The van der Waals surface area contributed by atoms with Gasteiger partial charge >= 0.3 is 5.97 Å². The molecular weight excluding hydrogens is 334 g/mol. The van der Waals surface area contributed by atoms with Crippen LogP contribution in [0.5, 0.6) is 0 Å². The third-order valence-corrected chi connectivity index (χ3v) is 3.59. The number of hydrogen-bond donors (Lipinski definition) is 1. The van der Waals surface area contributed by atoms with Gasteiger partial charge in [0.2, 0.25) is 0 Å². The lowest BCUT2D eigenvalue weighted by atomic mass is 10.0. The molecule has 104 valence electrons. The summed E-state index contributed by atoms with van der Waals surface area (Å²) in [6.07, 6.45) is 0. The second-order valence-corrected chi connectivity index (χ2v) is 5.33. The standard InChI is InChI=1S/C16H10BrNO3/c17-12-8-6-10(7-9-12)14-13(16(19)20)15(21-18-14)11-4-2-1-3-5-11/h1-9H,(H,19,20). The number of benzene rings is 2. The molecule has 4 nitrogen and oxygen atoms in total. The fourth-order valence-electron chi connectivity index (χ4n) is 2.08. The van der Waals surface area contributed by atoms with Gasteiger partial charge in [-0.05, 0) is 12.1 Å². The Balaban J connectivity index is 2.17. The summed E-state index contributed by atoms with van der Waals surface area (Å²) in [6, 6.07) is 16.3. The molecule has 1 N–H and O–H groups in total. The molecule has 0 fully saturated rings. The van der Waals surface area contributed by atoms with E-state index in [9.17, 15) is 9.90 Å². The number of carboxylic acids is 1. The maximum Gasteiger partial charge on any atom is 0.342 e. The van der Waals surface area contributed by atoms with Crippen LogP contribution in [0.15, 0.2) is 63.6 Å². The van der Waals surface area contributed by atoms with Crippen LogP contribution in [0.25, 0.3) is 22.6 Å². The molecule has 0 atom stereocenters. The van der Waals surface area contributed by atoms with Crippen molar-refractivity contribution in [3.63, 3.8) is 0 Å². The highest BCUT2D eigenvalue weighted by Gasteiger charge is 2.24. The summed E-state index contributed by atoms with van der Waals surface area (Å²) >= 11 is 3.35. The molecule has 0 unspecified atom stereocenters. The van der Waals surface area contributed by atoms with E-state index in [1.807, 2.05) is 30.3 Å². The molecule has 1 aromatic heterocycles. The lowest BCUT2D eigenvalue weighted by Crippen LogP contribution is -1.99. The number of carboxylic acid groups (broad SMARTS) is 1.